The number of pyridine rings is 1. The summed E-state index contributed by atoms with van der Waals surface area (Å²) in [6.45, 7) is 5.80. The molecule has 7 heteroatoms. The predicted octanol–water partition coefficient (Wildman–Crippen LogP) is 2.98. The minimum atomic E-state index is -0.333. The Balaban J connectivity index is 1.74. The van der Waals surface area contributed by atoms with Gasteiger partial charge >= 0.3 is 0 Å². The van der Waals surface area contributed by atoms with E-state index in [-0.39, 0.29) is 5.91 Å². The Kier molecular flexibility index (Phi) is 5.51. The van der Waals surface area contributed by atoms with E-state index in [0.29, 0.717) is 35.1 Å². The van der Waals surface area contributed by atoms with Crippen molar-refractivity contribution in [1.82, 2.24) is 14.8 Å². The summed E-state index contributed by atoms with van der Waals surface area (Å²) in [5, 5.41) is 4.03. The maximum Gasteiger partial charge on any atom is 0.290 e. The van der Waals surface area contributed by atoms with E-state index in [1.807, 2.05) is 24.3 Å². The number of benzene rings is 1. The molecule has 1 amide bonds. The summed E-state index contributed by atoms with van der Waals surface area (Å²) in [5.41, 5.74) is 5.10. The van der Waals surface area contributed by atoms with Crippen LogP contribution in [0.5, 0.6) is 11.5 Å². The minimum Gasteiger partial charge on any atom is -0.493 e. The van der Waals surface area contributed by atoms with Crippen LogP contribution in [0, 0.1) is 6.92 Å². The van der Waals surface area contributed by atoms with Gasteiger partial charge < -0.3 is 9.47 Å². The van der Waals surface area contributed by atoms with Gasteiger partial charge in [0.1, 0.15) is 17.9 Å². The number of aryl methyl sites for hydroxylation is 1. The van der Waals surface area contributed by atoms with Crippen molar-refractivity contribution in [2.24, 2.45) is 5.10 Å². The second-order valence-corrected chi connectivity index (χ2v) is 5.68. The van der Waals surface area contributed by atoms with E-state index in [9.17, 15) is 4.79 Å². The molecule has 0 saturated carbocycles. The molecular weight excluding hydrogens is 344 g/mol. The van der Waals surface area contributed by atoms with Crippen LogP contribution in [-0.4, -0.2) is 35.2 Å². The van der Waals surface area contributed by atoms with Crippen molar-refractivity contribution in [2.75, 3.05) is 13.7 Å². The van der Waals surface area contributed by atoms with Gasteiger partial charge in [0, 0.05) is 6.20 Å². The summed E-state index contributed by atoms with van der Waals surface area (Å²) in [6, 6.07) is 10.9. The zero-order chi connectivity index (χ0) is 19.2. The lowest BCUT2D eigenvalue weighted by atomic mass is 10.2. The van der Waals surface area contributed by atoms with Crippen molar-refractivity contribution >= 4 is 17.8 Å². The fourth-order valence-electron chi connectivity index (χ4n) is 2.64. The van der Waals surface area contributed by atoms with Crippen LogP contribution in [0.4, 0.5) is 0 Å². The number of ether oxygens (including phenoxy) is 2. The molecule has 0 atom stereocenters. The summed E-state index contributed by atoms with van der Waals surface area (Å²) < 4.78 is 12.6. The first kappa shape index (κ1) is 18.2. The van der Waals surface area contributed by atoms with Gasteiger partial charge in [0.25, 0.3) is 5.91 Å². The zero-order valence-electron chi connectivity index (χ0n) is 15.2. The molecule has 0 unspecified atom stereocenters. The van der Waals surface area contributed by atoms with Gasteiger partial charge in [0.15, 0.2) is 11.5 Å². The molecule has 2 heterocycles. The second-order valence-electron chi connectivity index (χ2n) is 5.68. The zero-order valence-corrected chi connectivity index (χ0v) is 15.2. The van der Waals surface area contributed by atoms with Crippen molar-refractivity contribution < 1.29 is 14.3 Å². The average molecular weight is 364 g/mol. The SMILES string of the molecule is C=CCOc1ccc(/C=N\NC(=O)c2c(C)nc3ccccn23)cc1OC. The van der Waals surface area contributed by atoms with E-state index in [2.05, 4.69) is 22.1 Å². The third-order valence-corrected chi connectivity index (χ3v) is 3.84. The van der Waals surface area contributed by atoms with E-state index < -0.39 is 0 Å². The molecule has 1 N–H and O–H groups in total. The third kappa shape index (κ3) is 3.98. The summed E-state index contributed by atoms with van der Waals surface area (Å²) in [4.78, 5) is 16.9. The lowest BCUT2D eigenvalue weighted by Gasteiger charge is -2.09. The minimum absolute atomic E-state index is 0.333. The fraction of sp³-hybridized carbons (Fsp3) is 0.150. The Morgan fingerprint density at radius 1 is 1.33 bits per heavy atom. The van der Waals surface area contributed by atoms with E-state index in [4.69, 9.17) is 9.47 Å². The lowest BCUT2D eigenvalue weighted by molar-refractivity contribution is 0.0948. The van der Waals surface area contributed by atoms with Crippen molar-refractivity contribution in [3.63, 3.8) is 0 Å². The molecule has 0 saturated heterocycles. The normalized spacial score (nSPS) is 10.9. The first-order valence-electron chi connectivity index (χ1n) is 8.33. The van der Waals surface area contributed by atoms with Crippen LogP contribution in [0.15, 0.2) is 60.4 Å². The maximum absolute atomic E-state index is 12.5. The number of carbonyl (C=O) groups is 1. The number of rotatable bonds is 7. The average Bonchev–Trinajstić information content (AvgIpc) is 3.02. The van der Waals surface area contributed by atoms with Crippen LogP contribution in [0.25, 0.3) is 5.65 Å². The lowest BCUT2D eigenvalue weighted by Crippen LogP contribution is -2.20. The van der Waals surface area contributed by atoms with Gasteiger partial charge in [0.2, 0.25) is 0 Å². The smallest absolute Gasteiger partial charge is 0.290 e. The van der Waals surface area contributed by atoms with E-state index in [1.54, 1.807) is 42.8 Å². The molecule has 0 aliphatic rings. The van der Waals surface area contributed by atoms with Crippen LogP contribution >= 0.6 is 0 Å². The first-order chi connectivity index (χ1) is 13.1. The molecule has 0 spiro atoms. The quantitative estimate of drug-likeness (QED) is 0.397. The molecule has 27 heavy (non-hydrogen) atoms. The highest BCUT2D eigenvalue weighted by atomic mass is 16.5. The van der Waals surface area contributed by atoms with Gasteiger partial charge in [-0.15, -0.1) is 0 Å². The number of methoxy groups -OCH3 is 1. The van der Waals surface area contributed by atoms with Crippen molar-refractivity contribution in [3.05, 3.63) is 72.2 Å². The monoisotopic (exact) mass is 364 g/mol. The molecule has 3 rings (SSSR count). The van der Waals surface area contributed by atoms with E-state index in [0.717, 1.165) is 5.56 Å². The Labute approximate surface area is 156 Å². The van der Waals surface area contributed by atoms with Gasteiger partial charge in [-0.3, -0.25) is 9.20 Å². The number of nitrogens with one attached hydrogen (secondary N) is 1. The van der Waals surface area contributed by atoms with E-state index in [1.165, 1.54) is 6.21 Å². The Morgan fingerprint density at radius 3 is 2.96 bits per heavy atom. The number of hydrogen-bond donors (Lipinski definition) is 1. The van der Waals surface area contributed by atoms with Gasteiger partial charge in [-0.1, -0.05) is 18.7 Å². The fourth-order valence-corrected chi connectivity index (χ4v) is 2.64. The number of hydrogen-bond acceptors (Lipinski definition) is 5. The van der Waals surface area contributed by atoms with Gasteiger partial charge in [-0.25, -0.2) is 10.4 Å². The molecule has 0 radical (unpaired) electrons. The van der Waals surface area contributed by atoms with Gasteiger partial charge in [-0.2, -0.15) is 5.10 Å². The molecule has 138 valence electrons. The van der Waals surface area contributed by atoms with Gasteiger partial charge in [-0.05, 0) is 42.8 Å². The summed E-state index contributed by atoms with van der Waals surface area (Å²) in [6.07, 6.45) is 4.99. The highest BCUT2D eigenvalue weighted by Gasteiger charge is 2.15. The Morgan fingerprint density at radius 2 is 2.19 bits per heavy atom. The van der Waals surface area contributed by atoms with Crippen molar-refractivity contribution in [2.45, 2.75) is 6.92 Å². The maximum atomic E-state index is 12.5. The van der Waals surface area contributed by atoms with Crippen LogP contribution in [0.2, 0.25) is 0 Å². The van der Waals surface area contributed by atoms with Crippen molar-refractivity contribution in [1.29, 1.82) is 0 Å². The number of amides is 1. The summed E-state index contributed by atoms with van der Waals surface area (Å²) >= 11 is 0. The largest absolute Gasteiger partial charge is 0.493 e. The highest BCUT2D eigenvalue weighted by Crippen LogP contribution is 2.27. The topological polar surface area (TPSA) is 77.2 Å². The Hall–Kier alpha value is -3.61. The summed E-state index contributed by atoms with van der Waals surface area (Å²) in [7, 11) is 1.56. The molecular formula is C20H20N4O3. The number of aromatic nitrogens is 2. The van der Waals surface area contributed by atoms with Crippen LogP contribution in [0.1, 0.15) is 21.7 Å². The molecule has 0 fully saturated rings. The number of carbonyl (C=O) groups excluding carboxylic acids is 1. The molecule has 0 aliphatic heterocycles. The van der Waals surface area contributed by atoms with Crippen LogP contribution in [-0.2, 0) is 0 Å². The van der Waals surface area contributed by atoms with Crippen LogP contribution < -0.4 is 14.9 Å². The number of fused-ring (bicyclic) bond motifs is 1. The second kappa shape index (κ2) is 8.18. The molecule has 0 aliphatic carbocycles. The number of hydrazone groups is 1. The molecule has 2 aromatic heterocycles. The summed E-state index contributed by atoms with van der Waals surface area (Å²) in [5.74, 6) is 0.852. The number of nitrogens with zero attached hydrogens (tertiary/aromatic N) is 3. The van der Waals surface area contributed by atoms with E-state index >= 15 is 0 Å². The number of imidazole rings is 1. The standard InChI is InChI=1S/C20H20N4O3/c1-4-11-27-16-9-8-15(12-17(16)26-3)13-21-23-20(25)19-14(2)22-18-7-5-6-10-24(18)19/h4-10,12-13H,1,11H2,2-3H3,(H,23,25)/b21-13-. The highest BCUT2D eigenvalue weighted by molar-refractivity contribution is 5.95. The first-order valence-corrected chi connectivity index (χ1v) is 8.33. The van der Waals surface area contributed by atoms with Crippen molar-refractivity contribution in [3.8, 4) is 11.5 Å². The molecule has 0 bridgehead atoms. The molecule has 7 nitrogen and oxygen atoms in total. The molecule has 1 aromatic carbocycles. The van der Waals surface area contributed by atoms with Gasteiger partial charge in [0.05, 0.1) is 19.0 Å². The third-order valence-electron chi connectivity index (χ3n) is 3.84. The predicted molar refractivity (Wildman–Crippen MR) is 104 cm³/mol. The Bertz CT molecular complexity index is 1010. The van der Waals surface area contributed by atoms with Crippen LogP contribution in [0.3, 0.4) is 0 Å². The molecule has 3 aromatic rings.